The number of amides is 2. The van der Waals surface area contributed by atoms with E-state index in [9.17, 15) is 9.59 Å². The van der Waals surface area contributed by atoms with Crippen LogP contribution in [0, 0.1) is 16.7 Å². The molecule has 0 aromatic rings. The van der Waals surface area contributed by atoms with E-state index < -0.39 is 0 Å². The predicted octanol–water partition coefficient (Wildman–Crippen LogP) is 2.18. The van der Waals surface area contributed by atoms with E-state index in [0.29, 0.717) is 12.5 Å². The van der Waals surface area contributed by atoms with Crippen molar-refractivity contribution in [3.63, 3.8) is 0 Å². The van der Waals surface area contributed by atoms with Crippen LogP contribution in [-0.4, -0.2) is 35.3 Å². The Balaban J connectivity index is 2.13. The molecule has 0 aromatic carbocycles. The third-order valence-corrected chi connectivity index (χ3v) is 6.02. The fourth-order valence-corrected chi connectivity index (χ4v) is 3.61. The Bertz CT molecular complexity index is 414. The summed E-state index contributed by atoms with van der Waals surface area (Å²) in [5, 5.41) is 2.85. The molecule has 114 valence electrons. The van der Waals surface area contributed by atoms with Crippen LogP contribution in [0.5, 0.6) is 0 Å². The Hall–Kier alpha value is -1.06. The Morgan fingerprint density at radius 2 is 1.70 bits per heavy atom. The molecular weight excluding hydrogens is 252 g/mol. The molecule has 4 heteroatoms. The van der Waals surface area contributed by atoms with Gasteiger partial charge in [-0.2, -0.15) is 0 Å². The summed E-state index contributed by atoms with van der Waals surface area (Å²) in [6, 6.07) is -0.670. The summed E-state index contributed by atoms with van der Waals surface area (Å²) in [6.07, 6.45) is 1.63. The lowest BCUT2D eigenvalue weighted by molar-refractivity contribution is -0.149. The van der Waals surface area contributed by atoms with Gasteiger partial charge in [0.1, 0.15) is 12.1 Å². The summed E-state index contributed by atoms with van der Waals surface area (Å²) in [5.74, 6) is 0.548. The average Bonchev–Trinajstić information content (AvgIpc) is 2.73. The second-order valence-corrected chi connectivity index (χ2v) is 7.51. The zero-order valence-electron chi connectivity index (χ0n) is 13.6. The Morgan fingerprint density at radius 3 is 2.15 bits per heavy atom. The molecule has 2 rings (SSSR count). The molecule has 1 saturated heterocycles. The molecule has 4 nitrogen and oxygen atoms in total. The highest BCUT2D eigenvalue weighted by Crippen LogP contribution is 2.68. The summed E-state index contributed by atoms with van der Waals surface area (Å²) in [4.78, 5) is 26.4. The van der Waals surface area contributed by atoms with E-state index >= 15 is 0 Å². The minimum Gasteiger partial charge on any atom is -0.343 e. The molecule has 2 amide bonds. The lowest BCUT2D eigenvalue weighted by Crippen LogP contribution is -2.62. The predicted molar refractivity (Wildman–Crippen MR) is 79.1 cm³/mol. The number of hydrogen-bond acceptors (Lipinski definition) is 2. The molecule has 1 N–H and O–H groups in total. The first-order valence-corrected chi connectivity index (χ1v) is 7.75. The van der Waals surface area contributed by atoms with Gasteiger partial charge < -0.3 is 10.2 Å². The highest BCUT2D eigenvalue weighted by molar-refractivity contribution is 5.96. The number of rotatable bonds is 4. The van der Waals surface area contributed by atoms with Crippen molar-refractivity contribution in [3.8, 4) is 0 Å². The van der Waals surface area contributed by atoms with Gasteiger partial charge in [0.25, 0.3) is 0 Å². The fourth-order valence-electron chi connectivity index (χ4n) is 3.61. The quantitative estimate of drug-likeness (QED) is 0.858. The lowest BCUT2D eigenvalue weighted by Gasteiger charge is -2.38. The molecule has 0 bridgehead atoms. The maximum absolute atomic E-state index is 12.6. The van der Waals surface area contributed by atoms with Gasteiger partial charge in [-0.05, 0) is 30.1 Å². The van der Waals surface area contributed by atoms with Crippen LogP contribution in [0.15, 0.2) is 0 Å². The van der Waals surface area contributed by atoms with Crippen molar-refractivity contribution in [1.29, 1.82) is 0 Å². The van der Waals surface area contributed by atoms with Crippen LogP contribution in [0.3, 0.4) is 0 Å². The molecule has 1 aliphatic heterocycles. The summed E-state index contributed by atoms with van der Waals surface area (Å²) in [5.41, 5.74) is 0.475. The standard InChI is InChI=1S/C16H28N2O2/c1-7-8-11-14(20)18(10(2)13(19)17-11)9-12-15(3,4)16(12,5)6/h10-12H,7-9H2,1-6H3,(H,17,19). The van der Waals surface area contributed by atoms with E-state index in [-0.39, 0.29) is 34.7 Å². The maximum atomic E-state index is 12.6. The molecular formula is C16H28N2O2. The number of nitrogens with one attached hydrogen (secondary N) is 1. The smallest absolute Gasteiger partial charge is 0.245 e. The molecule has 0 radical (unpaired) electrons. The van der Waals surface area contributed by atoms with Gasteiger partial charge in [-0.1, -0.05) is 41.0 Å². The monoisotopic (exact) mass is 280 g/mol. The minimum atomic E-state index is -0.345. The number of nitrogens with zero attached hydrogens (tertiary/aromatic N) is 1. The number of piperazine rings is 1. The van der Waals surface area contributed by atoms with E-state index in [2.05, 4.69) is 33.0 Å². The molecule has 2 aliphatic rings. The number of hydrogen-bond donors (Lipinski definition) is 1. The molecule has 2 atom stereocenters. The number of carbonyl (C=O) groups is 2. The molecule has 0 aromatic heterocycles. The highest BCUT2D eigenvalue weighted by Gasteiger charge is 2.65. The largest absolute Gasteiger partial charge is 0.343 e. The molecule has 0 spiro atoms. The molecule has 2 unspecified atom stereocenters. The van der Waals surface area contributed by atoms with Crippen molar-refractivity contribution >= 4 is 11.8 Å². The summed E-state index contributed by atoms with van der Waals surface area (Å²) >= 11 is 0. The van der Waals surface area contributed by atoms with Gasteiger partial charge in [0.05, 0.1) is 0 Å². The third kappa shape index (κ3) is 2.13. The first-order chi connectivity index (χ1) is 9.14. The van der Waals surface area contributed by atoms with Gasteiger partial charge in [0.2, 0.25) is 11.8 Å². The number of carbonyl (C=O) groups excluding carboxylic acids is 2. The first-order valence-electron chi connectivity index (χ1n) is 7.75. The van der Waals surface area contributed by atoms with Crippen molar-refractivity contribution in [1.82, 2.24) is 10.2 Å². The van der Waals surface area contributed by atoms with Crippen LogP contribution >= 0.6 is 0 Å². The van der Waals surface area contributed by atoms with Crippen molar-refractivity contribution in [3.05, 3.63) is 0 Å². The van der Waals surface area contributed by atoms with Crippen LogP contribution in [-0.2, 0) is 9.59 Å². The van der Waals surface area contributed by atoms with Crippen molar-refractivity contribution in [2.45, 2.75) is 66.5 Å². The van der Waals surface area contributed by atoms with Crippen LogP contribution in [0.4, 0.5) is 0 Å². The Morgan fingerprint density at radius 1 is 1.15 bits per heavy atom. The van der Waals surface area contributed by atoms with Crippen LogP contribution < -0.4 is 5.32 Å². The van der Waals surface area contributed by atoms with E-state index in [1.165, 1.54) is 0 Å². The maximum Gasteiger partial charge on any atom is 0.245 e. The van der Waals surface area contributed by atoms with Crippen LogP contribution in [0.25, 0.3) is 0 Å². The molecule has 1 heterocycles. The lowest BCUT2D eigenvalue weighted by atomic mass is 10.0. The normalized spacial score (nSPS) is 32.2. The Kier molecular flexibility index (Phi) is 3.64. The van der Waals surface area contributed by atoms with Crippen molar-refractivity contribution in [2.24, 2.45) is 16.7 Å². The molecule has 2 fully saturated rings. The fraction of sp³-hybridized carbons (Fsp3) is 0.875. The van der Waals surface area contributed by atoms with Crippen LogP contribution in [0.2, 0.25) is 0 Å². The zero-order chi connectivity index (χ0) is 15.3. The molecule has 1 aliphatic carbocycles. The van der Waals surface area contributed by atoms with Gasteiger partial charge in [0.15, 0.2) is 0 Å². The molecule has 1 saturated carbocycles. The van der Waals surface area contributed by atoms with Gasteiger partial charge in [-0.3, -0.25) is 9.59 Å². The van der Waals surface area contributed by atoms with Gasteiger partial charge in [-0.15, -0.1) is 0 Å². The van der Waals surface area contributed by atoms with E-state index in [1.807, 2.05) is 13.8 Å². The second-order valence-electron chi connectivity index (χ2n) is 7.51. The highest BCUT2D eigenvalue weighted by atomic mass is 16.2. The van der Waals surface area contributed by atoms with Gasteiger partial charge >= 0.3 is 0 Å². The van der Waals surface area contributed by atoms with E-state index in [4.69, 9.17) is 0 Å². The first kappa shape index (κ1) is 15.3. The third-order valence-electron chi connectivity index (χ3n) is 6.02. The summed E-state index contributed by atoms with van der Waals surface area (Å²) < 4.78 is 0. The van der Waals surface area contributed by atoms with E-state index in [0.717, 1.165) is 12.8 Å². The van der Waals surface area contributed by atoms with Gasteiger partial charge in [-0.25, -0.2) is 0 Å². The van der Waals surface area contributed by atoms with Crippen molar-refractivity contribution in [2.75, 3.05) is 6.54 Å². The summed E-state index contributed by atoms with van der Waals surface area (Å²) in [7, 11) is 0. The van der Waals surface area contributed by atoms with E-state index in [1.54, 1.807) is 4.90 Å². The van der Waals surface area contributed by atoms with Crippen LogP contribution in [0.1, 0.15) is 54.4 Å². The molecule has 20 heavy (non-hydrogen) atoms. The minimum absolute atomic E-state index is 0.0145. The topological polar surface area (TPSA) is 49.4 Å². The van der Waals surface area contributed by atoms with Crippen molar-refractivity contribution < 1.29 is 9.59 Å². The SMILES string of the molecule is CCCC1NC(=O)C(C)N(CC2C(C)(C)C2(C)C)C1=O. The Labute approximate surface area is 122 Å². The zero-order valence-corrected chi connectivity index (χ0v) is 13.6. The summed E-state index contributed by atoms with van der Waals surface area (Å²) in [6.45, 7) is 13.6. The average molecular weight is 280 g/mol. The second kappa shape index (κ2) is 4.74. The van der Waals surface area contributed by atoms with Gasteiger partial charge in [0, 0.05) is 6.54 Å².